The van der Waals surface area contributed by atoms with Crippen molar-refractivity contribution in [3.63, 3.8) is 0 Å². The smallest absolute Gasteiger partial charge is 0.251 e. The van der Waals surface area contributed by atoms with Crippen LogP contribution in [0.2, 0.25) is 0 Å². The van der Waals surface area contributed by atoms with Gasteiger partial charge in [0.2, 0.25) is 0 Å². The first kappa shape index (κ1) is 18.6. The van der Waals surface area contributed by atoms with Gasteiger partial charge in [-0.3, -0.25) is 15.6 Å². The molecule has 2 unspecified atom stereocenters. The quantitative estimate of drug-likeness (QED) is 0.731. The van der Waals surface area contributed by atoms with Crippen molar-refractivity contribution < 1.29 is 4.79 Å². The molecular weight excluding hydrogens is 362 g/mol. The maximum atomic E-state index is 12.4. The summed E-state index contributed by atoms with van der Waals surface area (Å²) in [5.41, 5.74) is 9.05. The highest BCUT2D eigenvalue weighted by atomic mass is 16.1. The number of hydrogen-bond donors (Lipinski definition) is 3. The minimum atomic E-state index is 0.0259. The average molecular weight is 392 g/mol. The van der Waals surface area contributed by atoms with Crippen molar-refractivity contribution in [3.8, 4) is 0 Å². The van der Waals surface area contributed by atoms with Gasteiger partial charge in [-0.1, -0.05) is 30.3 Å². The van der Waals surface area contributed by atoms with Gasteiger partial charge in [-0.15, -0.1) is 0 Å². The minimum Gasteiger partial charge on any atom is -0.357 e. The fourth-order valence-electron chi connectivity index (χ4n) is 4.70. The first-order valence-corrected chi connectivity index (χ1v) is 10.8. The molecule has 1 aliphatic carbocycles. The van der Waals surface area contributed by atoms with Gasteiger partial charge in [0.05, 0.1) is 0 Å². The van der Waals surface area contributed by atoms with Gasteiger partial charge in [0, 0.05) is 49.4 Å². The predicted octanol–water partition coefficient (Wildman–Crippen LogP) is 2.45. The molecule has 3 aliphatic rings. The summed E-state index contributed by atoms with van der Waals surface area (Å²) >= 11 is 0. The molecule has 0 spiro atoms. The number of piperidine rings is 1. The molecule has 29 heavy (non-hydrogen) atoms. The number of amides is 1. The van der Waals surface area contributed by atoms with E-state index >= 15 is 0 Å². The van der Waals surface area contributed by atoms with Gasteiger partial charge >= 0.3 is 0 Å². The Hall–Kier alpha value is -2.44. The van der Waals surface area contributed by atoms with Crippen LogP contribution in [0.4, 0.5) is 5.82 Å². The second-order valence-corrected chi connectivity index (χ2v) is 8.54. The van der Waals surface area contributed by atoms with E-state index in [2.05, 4.69) is 56.4 Å². The molecule has 0 radical (unpaired) electrons. The Morgan fingerprint density at radius 3 is 2.62 bits per heavy atom. The zero-order valence-electron chi connectivity index (χ0n) is 16.7. The zero-order chi connectivity index (χ0) is 19.6. The average Bonchev–Trinajstić information content (AvgIpc) is 3.46. The lowest BCUT2D eigenvalue weighted by Crippen LogP contribution is -2.44. The van der Waals surface area contributed by atoms with Crippen LogP contribution >= 0.6 is 0 Å². The monoisotopic (exact) mass is 391 g/mol. The van der Waals surface area contributed by atoms with E-state index in [0.717, 1.165) is 56.7 Å². The van der Waals surface area contributed by atoms with Crippen LogP contribution in [0.15, 0.2) is 48.7 Å². The Balaban J connectivity index is 1.22. The lowest BCUT2D eigenvalue weighted by molar-refractivity contribution is 0.0951. The van der Waals surface area contributed by atoms with Crippen molar-refractivity contribution in [2.45, 2.75) is 43.7 Å². The molecule has 2 aromatic rings. The van der Waals surface area contributed by atoms with Crippen LogP contribution in [0.3, 0.4) is 0 Å². The van der Waals surface area contributed by atoms with Crippen molar-refractivity contribution >= 4 is 11.7 Å². The molecule has 1 aromatic heterocycles. The summed E-state index contributed by atoms with van der Waals surface area (Å²) in [7, 11) is 0. The second-order valence-electron chi connectivity index (χ2n) is 8.54. The Morgan fingerprint density at radius 2 is 1.86 bits per heavy atom. The van der Waals surface area contributed by atoms with Crippen LogP contribution in [-0.4, -0.2) is 42.6 Å². The number of carbonyl (C=O) groups is 1. The molecular formula is C23H29N5O. The number of hydrogen-bond acceptors (Lipinski definition) is 5. The van der Waals surface area contributed by atoms with Crippen molar-refractivity contribution in [2.75, 3.05) is 24.5 Å². The fraction of sp³-hybridized carbons (Fsp3) is 0.478. The number of anilines is 1. The molecule has 1 aromatic carbocycles. The minimum absolute atomic E-state index is 0.0259. The molecule has 6 heteroatoms. The topological polar surface area (TPSA) is 69.3 Å². The third-order valence-corrected chi connectivity index (χ3v) is 6.54. The Morgan fingerprint density at radius 1 is 1.07 bits per heavy atom. The van der Waals surface area contributed by atoms with Crippen molar-refractivity contribution in [1.82, 2.24) is 21.2 Å². The summed E-state index contributed by atoms with van der Waals surface area (Å²) in [5, 5.41) is 3.06. The van der Waals surface area contributed by atoms with Gasteiger partial charge in [0.25, 0.3) is 5.91 Å². The molecule has 3 N–H and O–H groups in total. The van der Waals surface area contributed by atoms with Gasteiger partial charge in [0.15, 0.2) is 0 Å². The molecule has 3 heterocycles. The maximum Gasteiger partial charge on any atom is 0.251 e. The van der Waals surface area contributed by atoms with Gasteiger partial charge < -0.3 is 10.2 Å². The second kappa shape index (κ2) is 8.13. The van der Waals surface area contributed by atoms with Crippen LogP contribution in [0.25, 0.3) is 0 Å². The van der Waals surface area contributed by atoms with Crippen LogP contribution in [-0.2, 0) is 0 Å². The van der Waals surface area contributed by atoms with Gasteiger partial charge in [-0.2, -0.15) is 0 Å². The fourth-order valence-corrected chi connectivity index (χ4v) is 4.70. The first-order chi connectivity index (χ1) is 14.3. The molecule has 2 atom stereocenters. The normalized spacial score (nSPS) is 25.2. The number of pyridine rings is 1. The number of rotatable bonds is 5. The molecule has 152 valence electrons. The number of benzene rings is 1. The molecule has 0 bridgehead atoms. The molecule has 2 aliphatic heterocycles. The molecule has 1 saturated carbocycles. The Labute approximate surface area is 172 Å². The number of nitrogens with zero attached hydrogens (tertiary/aromatic N) is 2. The summed E-state index contributed by atoms with van der Waals surface area (Å²) in [4.78, 5) is 19.2. The van der Waals surface area contributed by atoms with Crippen LogP contribution < -0.4 is 21.1 Å². The van der Waals surface area contributed by atoms with E-state index < -0.39 is 0 Å². The highest BCUT2D eigenvalue weighted by Gasteiger charge is 2.36. The third kappa shape index (κ3) is 4.14. The van der Waals surface area contributed by atoms with Crippen molar-refractivity contribution in [2.24, 2.45) is 5.92 Å². The van der Waals surface area contributed by atoms with Crippen LogP contribution in [0, 0.1) is 5.92 Å². The van der Waals surface area contributed by atoms with E-state index in [4.69, 9.17) is 0 Å². The van der Waals surface area contributed by atoms with Gasteiger partial charge in [0.1, 0.15) is 5.82 Å². The van der Waals surface area contributed by atoms with Gasteiger partial charge in [-0.25, -0.2) is 4.98 Å². The van der Waals surface area contributed by atoms with E-state index in [-0.39, 0.29) is 5.91 Å². The molecule has 3 fully saturated rings. The van der Waals surface area contributed by atoms with Crippen molar-refractivity contribution in [1.29, 1.82) is 0 Å². The summed E-state index contributed by atoms with van der Waals surface area (Å²) in [5.74, 6) is 2.09. The van der Waals surface area contributed by atoms with E-state index in [9.17, 15) is 4.79 Å². The van der Waals surface area contributed by atoms with Crippen LogP contribution in [0.1, 0.15) is 47.5 Å². The van der Waals surface area contributed by atoms with E-state index in [1.54, 1.807) is 6.20 Å². The first-order valence-electron chi connectivity index (χ1n) is 10.8. The highest BCUT2D eigenvalue weighted by Crippen LogP contribution is 2.33. The number of nitrogens with one attached hydrogen (secondary N) is 3. The van der Waals surface area contributed by atoms with Crippen molar-refractivity contribution in [3.05, 3.63) is 59.8 Å². The molecule has 5 rings (SSSR count). The highest BCUT2D eigenvalue weighted by molar-refractivity contribution is 5.95. The standard InChI is InChI=1S/C23H29N5O/c29-23(26-19-6-7-19)18-8-11-24-21(14-18)28-12-9-17(10-13-28)22-20(15-25-27-22)16-4-2-1-3-5-16/h1-5,8,11,14,17,19-20,22,25,27H,6-7,9-10,12-13,15H2,(H,26,29). The third-order valence-electron chi connectivity index (χ3n) is 6.54. The summed E-state index contributed by atoms with van der Waals surface area (Å²) in [6, 6.07) is 15.4. The maximum absolute atomic E-state index is 12.4. The lowest BCUT2D eigenvalue weighted by Gasteiger charge is -2.37. The van der Waals surface area contributed by atoms with E-state index in [1.165, 1.54) is 5.56 Å². The summed E-state index contributed by atoms with van der Waals surface area (Å²) in [6.45, 7) is 2.94. The zero-order valence-corrected chi connectivity index (χ0v) is 16.7. The Bertz CT molecular complexity index is 845. The van der Waals surface area contributed by atoms with E-state index in [1.807, 2.05) is 12.1 Å². The number of hydrazine groups is 1. The lowest BCUT2D eigenvalue weighted by atomic mass is 9.80. The molecule has 6 nitrogen and oxygen atoms in total. The molecule has 2 saturated heterocycles. The summed E-state index contributed by atoms with van der Waals surface area (Å²) < 4.78 is 0. The Kier molecular flexibility index (Phi) is 5.21. The largest absolute Gasteiger partial charge is 0.357 e. The number of aromatic nitrogens is 1. The van der Waals surface area contributed by atoms with E-state index in [0.29, 0.717) is 23.9 Å². The molecule has 1 amide bonds. The van der Waals surface area contributed by atoms with Gasteiger partial charge in [-0.05, 0) is 49.3 Å². The predicted molar refractivity (Wildman–Crippen MR) is 114 cm³/mol. The SMILES string of the molecule is O=C(NC1CC1)c1ccnc(N2CCC(C3NNCC3c3ccccc3)CC2)c1. The summed E-state index contributed by atoms with van der Waals surface area (Å²) in [6.07, 6.45) is 6.22. The van der Waals surface area contributed by atoms with Crippen LogP contribution in [0.5, 0.6) is 0 Å². The number of carbonyl (C=O) groups excluding carboxylic acids is 1.